The third kappa shape index (κ3) is 5.29. The van der Waals surface area contributed by atoms with E-state index in [4.69, 9.17) is 0 Å². The first-order chi connectivity index (χ1) is 14.5. The van der Waals surface area contributed by atoms with Gasteiger partial charge in [-0.1, -0.05) is 60.7 Å². The number of rotatable bonds is 7. The monoisotopic (exact) mass is 408 g/mol. The Morgan fingerprint density at radius 2 is 1.43 bits per heavy atom. The molecule has 3 rings (SSSR count). The molecule has 1 atom stereocenters. The van der Waals surface area contributed by atoms with Crippen molar-refractivity contribution in [2.45, 2.75) is 18.9 Å². The maximum Gasteiger partial charge on any atom is 0.254 e. The molecule has 0 saturated carbocycles. The van der Waals surface area contributed by atoms with Gasteiger partial charge in [0, 0.05) is 18.0 Å². The molecule has 0 bridgehead atoms. The van der Waals surface area contributed by atoms with Gasteiger partial charge in [-0.25, -0.2) is 8.78 Å². The Morgan fingerprint density at radius 1 is 0.867 bits per heavy atom. The number of benzene rings is 3. The quantitative estimate of drug-likeness (QED) is 0.620. The molecule has 0 unspecified atom stereocenters. The molecule has 30 heavy (non-hydrogen) atoms. The van der Waals surface area contributed by atoms with Crippen molar-refractivity contribution in [3.8, 4) is 0 Å². The van der Waals surface area contributed by atoms with Gasteiger partial charge in [0.05, 0.1) is 12.1 Å². The van der Waals surface area contributed by atoms with Crippen molar-refractivity contribution in [3.63, 3.8) is 0 Å². The van der Waals surface area contributed by atoms with Crippen LogP contribution in [-0.2, 0) is 4.79 Å². The summed E-state index contributed by atoms with van der Waals surface area (Å²) < 4.78 is 26.7. The highest BCUT2D eigenvalue weighted by atomic mass is 19.1. The number of halogens is 2. The number of nitrogens with one attached hydrogen (secondary N) is 2. The summed E-state index contributed by atoms with van der Waals surface area (Å²) in [5.74, 6) is -3.02. The molecular weight excluding hydrogens is 386 g/mol. The Kier molecular flexibility index (Phi) is 6.91. The second-order valence-electron chi connectivity index (χ2n) is 6.96. The lowest BCUT2D eigenvalue weighted by molar-refractivity contribution is -0.120. The first kappa shape index (κ1) is 21.2. The van der Waals surface area contributed by atoms with E-state index in [1.54, 1.807) is 0 Å². The maximum atomic E-state index is 13.7. The smallest absolute Gasteiger partial charge is 0.254 e. The van der Waals surface area contributed by atoms with E-state index in [1.807, 2.05) is 67.6 Å². The zero-order chi connectivity index (χ0) is 21.5. The van der Waals surface area contributed by atoms with E-state index >= 15 is 0 Å². The van der Waals surface area contributed by atoms with Gasteiger partial charge in [0.15, 0.2) is 0 Å². The summed E-state index contributed by atoms with van der Waals surface area (Å²) in [5, 5.41) is 5.27. The first-order valence-corrected chi connectivity index (χ1v) is 9.58. The molecule has 0 saturated heterocycles. The third-order valence-corrected chi connectivity index (χ3v) is 4.79. The zero-order valence-corrected chi connectivity index (χ0v) is 16.4. The van der Waals surface area contributed by atoms with E-state index in [0.29, 0.717) is 6.07 Å². The summed E-state index contributed by atoms with van der Waals surface area (Å²) in [6.45, 7) is 1.57. The Morgan fingerprint density at radius 3 is 1.97 bits per heavy atom. The van der Waals surface area contributed by atoms with Gasteiger partial charge < -0.3 is 10.6 Å². The van der Waals surface area contributed by atoms with Gasteiger partial charge in [0.1, 0.15) is 11.6 Å². The van der Waals surface area contributed by atoms with E-state index in [-0.39, 0.29) is 24.1 Å². The van der Waals surface area contributed by atoms with Crippen LogP contribution in [0.15, 0.2) is 78.9 Å². The molecule has 0 aromatic heterocycles. The van der Waals surface area contributed by atoms with Gasteiger partial charge >= 0.3 is 0 Å². The number of carbonyl (C=O) groups is 2. The second-order valence-corrected chi connectivity index (χ2v) is 6.96. The van der Waals surface area contributed by atoms with E-state index < -0.39 is 23.4 Å². The van der Waals surface area contributed by atoms with Gasteiger partial charge in [-0.2, -0.15) is 0 Å². The fourth-order valence-corrected chi connectivity index (χ4v) is 3.41. The first-order valence-electron chi connectivity index (χ1n) is 9.58. The topological polar surface area (TPSA) is 58.2 Å². The Balaban J connectivity index is 1.66. The van der Waals surface area contributed by atoms with Crippen LogP contribution in [0.4, 0.5) is 8.78 Å². The molecular formula is C24H22F2N2O2. The summed E-state index contributed by atoms with van der Waals surface area (Å²) in [6, 6.07) is 22.0. The predicted octanol–water partition coefficient (Wildman–Crippen LogP) is 4.03. The van der Waals surface area contributed by atoms with E-state index in [2.05, 4.69) is 10.6 Å². The highest BCUT2D eigenvalue weighted by molar-refractivity contribution is 5.96. The highest BCUT2D eigenvalue weighted by Crippen LogP contribution is 2.27. The molecule has 4 nitrogen and oxygen atoms in total. The van der Waals surface area contributed by atoms with E-state index in [9.17, 15) is 18.4 Å². The molecule has 0 aliphatic rings. The van der Waals surface area contributed by atoms with Crippen LogP contribution >= 0.6 is 0 Å². The van der Waals surface area contributed by atoms with Gasteiger partial charge in [0.2, 0.25) is 5.91 Å². The van der Waals surface area contributed by atoms with Crippen LogP contribution in [0.5, 0.6) is 0 Å². The van der Waals surface area contributed by atoms with Crippen LogP contribution in [0, 0.1) is 11.6 Å². The van der Waals surface area contributed by atoms with Gasteiger partial charge in [0.25, 0.3) is 5.91 Å². The largest absolute Gasteiger partial charge is 0.351 e. The minimum absolute atomic E-state index is 0.0819. The zero-order valence-electron chi connectivity index (χ0n) is 16.4. The normalized spacial score (nSPS) is 11.7. The SMILES string of the molecule is C[C@@H](NC(=O)CNC(=O)c1ccc(F)cc1F)C(c1ccccc1)c1ccccc1. The van der Waals surface area contributed by atoms with Crippen LogP contribution in [0.25, 0.3) is 0 Å². The molecule has 0 fully saturated rings. The molecule has 0 aliphatic carbocycles. The van der Waals surface area contributed by atoms with Crippen molar-refractivity contribution in [1.29, 1.82) is 0 Å². The minimum Gasteiger partial charge on any atom is -0.351 e. The number of carbonyl (C=O) groups excluding carboxylic acids is 2. The fraction of sp³-hybridized carbons (Fsp3) is 0.167. The summed E-state index contributed by atoms with van der Waals surface area (Å²) in [5.41, 5.74) is 1.78. The molecule has 0 spiro atoms. The van der Waals surface area contributed by atoms with E-state index in [0.717, 1.165) is 23.3 Å². The van der Waals surface area contributed by atoms with Crippen LogP contribution in [0.1, 0.15) is 34.3 Å². The maximum absolute atomic E-state index is 13.7. The average Bonchev–Trinajstić information content (AvgIpc) is 2.74. The third-order valence-electron chi connectivity index (χ3n) is 4.79. The standard InChI is InChI=1S/C24H22F2N2O2/c1-16(23(17-8-4-2-5-9-17)18-10-6-3-7-11-18)28-22(29)15-27-24(30)20-13-12-19(25)14-21(20)26/h2-14,16,23H,15H2,1H3,(H,27,30)(H,28,29)/t16-/m1/s1. The van der Waals surface area contributed by atoms with Crippen molar-refractivity contribution < 1.29 is 18.4 Å². The van der Waals surface area contributed by atoms with E-state index in [1.165, 1.54) is 0 Å². The Labute approximate surface area is 173 Å². The molecule has 0 radical (unpaired) electrons. The van der Waals surface area contributed by atoms with Crippen molar-refractivity contribution in [2.75, 3.05) is 6.54 Å². The van der Waals surface area contributed by atoms with Crippen LogP contribution in [0.2, 0.25) is 0 Å². The van der Waals surface area contributed by atoms with Gasteiger partial charge in [-0.3, -0.25) is 9.59 Å². The molecule has 2 amide bonds. The lowest BCUT2D eigenvalue weighted by atomic mass is 9.86. The molecule has 3 aromatic carbocycles. The molecule has 6 heteroatoms. The minimum atomic E-state index is -0.977. The van der Waals surface area contributed by atoms with Crippen molar-refractivity contribution in [1.82, 2.24) is 10.6 Å². The van der Waals surface area contributed by atoms with Crippen LogP contribution in [-0.4, -0.2) is 24.4 Å². The number of hydrogen-bond acceptors (Lipinski definition) is 2. The average molecular weight is 408 g/mol. The summed E-state index contributed by atoms with van der Waals surface area (Å²) in [7, 11) is 0. The highest BCUT2D eigenvalue weighted by Gasteiger charge is 2.23. The van der Waals surface area contributed by atoms with Gasteiger partial charge in [-0.15, -0.1) is 0 Å². The Hall–Kier alpha value is -3.54. The molecule has 3 aromatic rings. The number of amides is 2. The fourth-order valence-electron chi connectivity index (χ4n) is 3.41. The van der Waals surface area contributed by atoms with Crippen molar-refractivity contribution >= 4 is 11.8 Å². The van der Waals surface area contributed by atoms with Crippen molar-refractivity contribution in [3.05, 3.63) is 107 Å². The lowest BCUT2D eigenvalue weighted by Crippen LogP contribution is -2.43. The van der Waals surface area contributed by atoms with Gasteiger partial charge in [-0.05, 0) is 30.2 Å². The lowest BCUT2D eigenvalue weighted by Gasteiger charge is -2.26. The Bertz CT molecular complexity index is 971. The molecule has 0 aliphatic heterocycles. The van der Waals surface area contributed by atoms with Crippen molar-refractivity contribution in [2.24, 2.45) is 0 Å². The predicted molar refractivity (Wildman–Crippen MR) is 111 cm³/mol. The summed E-state index contributed by atoms with van der Waals surface area (Å²) >= 11 is 0. The van der Waals surface area contributed by atoms with Crippen LogP contribution < -0.4 is 10.6 Å². The molecule has 2 N–H and O–H groups in total. The van der Waals surface area contributed by atoms with Crippen LogP contribution in [0.3, 0.4) is 0 Å². The summed E-state index contributed by atoms with van der Waals surface area (Å²) in [4.78, 5) is 24.5. The second kappa shape index (κ2) is 9.78. The number of hydrogen-bond donors (Lipinski definition) is 2. The molecule has 154 valence electrons. The molecule has 0 heterocycles. The summed E-state index contributed by atoms with van der Waals surface area (Å²) in [6.07, 6.45) is 0.